The first-order chi connectivity index (χ1) is 8.99. The Labute approximate surface area is 111 Å². The highest BCUT2D eigenvalue weighted by Gasteiger charge is 2.13. The van der Waals surface area contributed by atoms with Crippen LogP contribution in [0.4, 0.5) is 11.4 Å². The molecular formula is C13H16N4O2. The number of H-pyrrole nitrogens is 1. The number of benzene rings is 1. The zero-order valence-electron chi connectivity index (χ0n) is 11.2. The normalized spacial score (nSPS) is 10.5. The van der Waals surface area contributed by atoms with Crippen LogP contribution in [0, 0.1) is 30.9 Å². The van der Waals surface area contributed by atoms with Gasteiger partial charge in [-0.05, 0) is 32.4 Å². The van der Waals surface area contributed by atoms with E-state index in [2.05, 4.69) is 15.3 Å². The van der Waals surface area contributed by atoms with E-state index in [-0.39, 0.29) is 10.6 Å². The number of nitro benzene ring substituents is 1. The van der Waals surface area contributed by atoms with E-state index in [0.717, 1.165) is 22.6 Å². The number of aromatic nitrogens is 2. The van der Waals surface area contributed by atoms with Gasteiger partial charge in [-0.1, -0.05) is 0 Å². The molecule has 0 aliphatic carbocycles. The second-order valence-corrected chi connectivity index (χ2v) is 4.54. The van der Waals surface area contributed by atoms with Crippen molar-refractivity contribution in [2.45, 2.75) is 27.3 Å². The molecule has 0 radical (unpaired) electrons. The van der Waals surface area contributed by atoms with E-state index < -0.39 is 0 Å². The topological polar surface area (TPSA) is 83.8 Å². The molecule has 19 heavy (non-hydrogen) atoms. The summed E-state index contributed by atoms with van der Waals surface area (Å²) in [4.78, 5) is 17.7. The lowest BCUT2D eigenvalue weighted by atomic mass is 10.1. The third-order valence-electron chi connectivity index (χ3n) is 3.12. The van der Waals surface area contributed by atoms with Crippen molar-refractivity contribution in [2.24, 2.45) is 0 Å². The van der Waals surface area contributed by atoms with Gasteiger partial charge in [-0.3, -0.25) is 10.1 Å². The first kappa shape index (κ1) is 13.1. The number of hydrogen-bond acceptors (Lipinski definition) is 4. The molecule has 0 aliphatic heterocycles. The number of anilines is 1. The van der Waals surface area contributed by atoms with E-state index >= 15 is 0 Å². The maximum atomic E-state index is 10.8. The number of hydrogen-bond donors (Lipinski definition) is 2. The number of nitro groups is 1. The van der Waals surface area contributed by atoms with Crippen molar-refractivity contribution in [2.75, 3.05) is 5.32 Å². The molecule has 2 rings (SSSR count). The standard InChI is InChI=1S/C13H16N4O2/c1-8-5-13(17(18)19)9(2)4-11(8)14-6-12-10(3)15-7-16-12/h4-5,7,14H,6H2,1-3H3,(H,15,16). The minimum Gasteiger partial charge on any atom is -0.379 e. The van der Waals surface area contributed by atoms with Gasteiger partial charge in [-0.2, -0.15) is 0 Å². The van der Waals surface area contributed by atoms with Crippen LogP contribution in [0.25, 0.3) is 0 Å². The number of imidazole rings is 1. The van der Waals surface area contributed by atoms with Crippen LogP contribution in [0.3, 0.4) is 0 Å². The van der Waals surface area contributed by atoms with Crippen LogP contribution < -0.4 is 5.32 Å². The monoisotopic (exact) mass is 260 g/mol. The van der Waals surface area contributed by atoms with Gasteiger partial charge in [0, 0.05) is 23.0 Å². The molecule has 2 N–H and O–H groups in total. The van der Waals surface area contributed by atoms with Gasteiger partial charge in [-0.15, -0.1) is 0 Å². The van der Waals surface area contributed by atoms with Gasteiger partial charge in [0.1, 0.15) is 0 Å². The largest absolute Gasteiger partial charge is 0.379 e. The molecule has 0 saturated carbocycles. The van der Waals surface area contributed by atoms with Crippen LogP contribution >= 0.6 is 0 Å². The molecule has 6 heteroatoms. The molecule has 6 nitrogen and oxygen atoms in total. The van der Waals surface area contributed by atoms with Gasteiger partial charge in [0.15, 0.2) is 0 Å². The zero-order chi connectivity index (χ0) is 14.0. The highest BCUT2D eigenvalue weighted by atomic mass is 16.6. The van der Waals surface area contributed by atoms with Crippen LogP contribution in [0.1, 0.15) is 22.5 Å². The van der Waals surface area contributed by atoms with Crippen LogP contribution in [-0.4, -0.2) is 14.9 Å². The summed E-state index contributed by atoms with van der Waals surface area (Å²) in [6, 6.07) is 3.39. The first-order valence-electron chi connectivity index (χ1n) is 5.97. The van der Waals surface area contributed by atoms with E-state index in [9.17, 15) is 10.1 Å². The van der Waals surface area contributed by atoms with E-state index in [4.69, 9.17) is 0 Å². The maximum Gasteiger partial charge on any atom is 0.272 e. The van der Waals surface area contributed by atoms with Crippen LogP contribution in [0.15, 0.2) is 18.5 Å². The molecular weight excluding hydrogens is 244 g/mol. The van der Waals surface area contributed by atoms with E-state index in [0.29, 0.717) is 12.1 Å². The maximum absolute atomic E-state index is 10.8. The predicted octanol–water partition coefficient (Wildman–Crippen LogP) is 2.86. The smallest absolute Gasteiger partial charge is 0.272 e. The van der Waals surface area contributed by atoms with Crippen molar-refractivity contribution in [1.82, 2.24) is 9.97 Å². The fourth-order valence-electron chi connectivity index (χ4n) is 1.93. The van der Waals surface area contributed by atoms with Gasteiger partial charge >= 0.3 is 0 Å². The highest BCUT2D eigenvalue weighted by molar-refractivity contribution is 5.59. The fourth-order valence-corrected chi connectivity index (χ4v) is 1.93. The molecule has 100 valence electrons. The molecule has 0 amide bonds. The number of aromatic amines is 1. The van der Waals surface area contributed by atoms with Crippen LogP contribution in [0.2, 0.25) is 0 Å². The molecule has 2 aromatic rings. The summed E-state index contributed by atoms with van der Waals surface area (Å²) in [6.45, 7) is 6.14. The highest BCUT2D eigenvalue weighted by Crippen LogP contribution is 2.26. The third kappa shape index (κ3) is 2.73. The average Bonchev–Trinajstić information content (AvgIpc) is 2.75. The Hall–Kier alpha value is -2.37. The Morgan fingerprint density at radius 2 is 2.05 bits per heavy atom. The summed E-state index contributed by atoms with van der Waals surface area (Å²) >= 11 is 0. The quantitative estimate of drug-likeness (QED) is 0.654. The van der Waals surface area contributed by atoms with Crippen molar-refractivity contribution < 1.29 is 4.92 Å². The summed E-state index contributed by atoms with van der Waals surface area (Å²) < 4.78 is 0. The summed E-state index contributed by atoms with van der Waals surface area (Å²) in [5.74, 6) is 0. The second-order valence-electron chi connectivity index (χ2n) is 4.54. The average molecular weight is 260 g/mol. The Balaban J connectivity index is 2.20. The van der Waals surface area contributed by atoms with Crippen molar-refractivity contribution in [1.29, 1.82) is 0 Å². The Morgan fingerprint density at radius 3 is 2.63 bits per heavy atom. The Kier molecular flexibility index (Phi) is 3.50. The lowest BCUT2D eigenvalue weighted by molar-refractivity contribution is -0.385. The summed E-state index contributed by atoms with van der Waals surface area (Å²) in [6.07, 6.45) is 1.65. The molecule has 0 fully saturated rings. The predicted molar refractivity (Wildman–Crippen MR) is 73.2 cm³/mol. The number of rotatable bonds is 4. The van der Waals surface area contributed by atoms with Crippen LogP contribution in [-0.2, 0) is 6.54 Å². The third-order valence-corrected chi connectivity index (χ3v) is 3.12. The first-order valence-corrected chi connectivity index (χ1v) is 5.97. The molecule has 0 saturated heterocycles. The summed E-state index contributed by atoms with van der Waals surface area (Å²) in [7, 11) is 0. The second kappa shape index (κ2) is 5.09. The molecule has 0 spiro atoms. The van der Waals surface area contributed by atoms with Gasteiger partial charge in [0.2, 0.25) is 0 Å². The number of nitrogens with zero attached hydrogens (tertiary/aromatic N) is 2. The minimum absolute atomic E-state index is 0.152. The lowest BCUT2D eigenvalue weighted by Crippen LogP contribution is -2.04. The summed E-state index contributed by atoms with van der Waals surface area (Å²) in [5.41, 5.74) is 4.51. The molecule has 1 heterocycles. The SMILES string of the molecule is Cc1cc([N+](=O)[O-])c(C)cc1NCc1nc[nH]c1C. The van der Waals surface area contributed by atoms with E-state index in [1.807, 2.05) is 13.8 Å². The van der Waals surface area contributed by atoms with E-state index in [1.54, 1.807) is 25.4 Å². The van der Waals surface area contributed by atoms with Gasteiger partial charge in [0.25, 0.3) is 5.69 Å². The summed E-state index contributed by atoms with van der Waals surface area (Å²) in [5, 5.41) is 14.1. The fraction of sp³-hybridized carbons (Fsp3) is 0.308. The lowest BCUT2D eigenvalue weighted by Gasteiger charge is -2.10. The van der Waals surface area contributed by atoms with Crippen LogP contribution in [0.5, 0.6) is 0 Å². The number of nitrogens with one attached hydrogen (secondary N) is 2. The van der Waals surface area contributed by atoms with Crippen molar-refractivity contribution >= 4 is 11.4 Å². The van der Waals surface area contributed by atoms with Crippen molar-refractivity contribution in [3.05, 3.63) is 51.1 Å². The van der Waals surface area contributed by atoms with E-state index in [1.165, 1.54) is 0 Å². The molecule has 1 aromatic heterocycles. The van der Waals surface area contributed by atoms with Crippen molar-refractivity contribution in [3.63, 3.8) is 0 Å². The van der Waals surface area contributed by atoms with Gasteiger partial charge in [-0.25, -0.2) is 4.98 Å². The molecule has 1 aromatic carbocycles. The molecule has 0 atom stereocenters. The minimum atomic E-state index is -0.357. The Bertz CT molecular complexity index is 619. The molecule has 0 unspecified atom stereocenters. The van der Waals surface area contributed by atoms with Gasteiger partial charge < -0.3 is 10.3 Å². The van der Waals surface area contributed by atoms with Gasteiger partial charge in [0.05, 0.1) is 23.5 Å². The zero-order valence-corrected chi connectivity index (χ0v) is 11.2. The number of aryl methyl sites for hydroxylation is 3. The van der Waals surface area contributed by atoms with Crippen molar-refractivity contribution in [3.8, 4) is 0 Å². The molecule has 0 bridgehead atoms. The molecule has 0 aliphatic rings. The Morgan fingerprint density at radius 1 is 1.32 bits per heavy atom.